The van der Waals surface area contributed by atoms with Crippen molar-refractivity contribution in [2.45, 2.75) is 56.8 Å². The maximum absolute atomic E-state index is 12.0. The minimum Gasteiger partial charge on any atom is -0.371 e. The molecule has 100 valence electrons. The molecule has 3 rings (SSSR count). The summed E-state index contributed by atoms with van der Waals surface area (Å²) in [7, 11) is 0. The molecule has 3 heterocycles. The standard InChI is InChI=1S/C12H17NO5/c1-6(2)4-11-8-12(16,9(15)13-11)7(14)5-10(3,17-8)18-11/h6,8,16H,4-5H2,1-3H3,(H,13,15)/t8-,10+,11?,12-/m0/s1. The lowest BCUT2D eigenvalue weighted by Crippen LogP contribution is -2.59. The van der Waals surface area contributed by atoms with Crippen LogP contribution >= 0.6 is 0 Å². The second-order valence-corrected chi connectivity index (χ2v) is 6.04. The van der Waals surface area contributed by atoms with Gasteiger partial charge in [0.25, 0.3) is 5.91 Å². The monoisotopic (exact) mass is 255 g/mol. The zero-order valence-corrected chi connectivity index (χ0v) is 10.6. The molecule has 18 heavy (non-hydrogen) atoms. The van der Waals surface area contributed by atoms with Gasteiger partial charge in [0.1, 0.15) is 0 Å². The molecule has 0 saturated carbocycles. The van der Waals surface area contributed by atoms with Crippen LogP contribution in [0.3, 0.4) is 0 Å². The predicted molar refractivity (Wildman–Crippen MR) is 59.3 cm³/mol. The van der Waals surface area contributed by atoms with Crippen molar-refractivity contribution in [3.63, 3.8) is 0 Å². The summed E-state index contributed by atoms with van der Waals surface area (Å²) in [6.07, 6.45) is -0.562. The molecular weight excluding hydrogens is 238 g/mol. The Kier molecular flexibility index (Phi) is 2.09. The molecule has 4 atom stereocenters. The number of Topliss-reactive ketones (excluding diaryl/α,β-unsaturated/α-hetero) is 1. The summed E-state index contributed by atoms with van der Waals surface area (Å²) in [5.41, 5.74) is -3.17. The molecule has 6 nitrogen and oxygen atoms in total. The third-order valence-electron chi connectivity index (χ3n) is 3.86. The highest BCUT2D eigenvalue weighted by Gasteiger charge is 2.77. The van der Waals surface area contributed by atoms with Gasteiger partial charge in [0.2, 0.25) is 5.60 Å². The van der Waals surface area contributed by atoms with E-state index in [0.29, 0.717) is 6.42 Å². The van der Waals surface area contributed by atoms with Crippen molar-refractivity contribution >= 4 is 11.7 Å². The molecule has 2 bridgehead atoms. The first-order valence-electron chi connectivity index (χ1n) is 6.18. The molecule has 0 aromatic carbocycles. The lowest BCUT2D eigenvalue weighted by atomic mass is 9.83. The van der Waals surface area contributed by atoms with Gasteiger partial charge in [0.15, 0.2) is 23.4 Å². The molecule has 3 fully saturated rings. The Labute approximate surface area is 105 Å². The Morgan fingerprint density at radius 3 is 2.78 bits per heavy atom. The van der Waals surface area contributed by atoms with Crippen LogP contribution in [0.15, 0.2) is 0 Å². The van der Waals surface area contributed by atoms with Crippen LogP contribution in [0.5, 0.6) is 0 Å². The van der Waals surface area contributed by atoms with E-state index in [0.717, 1.165) is 0 Å². The van der Waals surface area contributed by atoms with Gasteiger partial charge in [-0.25, -0.2) is 0 Å². The van der Waals surface area contributed by atoms with Crippen molar-refractivity contribution in [2.24, 2.45) is 5.92 Å². The van der Waals surface area contributed by atoms with Gasteiger partial charge in [-0.3, -0.25) is 9.59 Å². The lowest BCUT2D eigenvalue weighted by Gasteiger charge is -2.34. The summed E-state index contributed by atoms with van der Waals surface area (Å²) in [5, 5.41) is 13.0. The molecule has 3 aliphatic rings. The van der Waals surface area contributed by atoms with Crippen molar-refractivity contribution < 1.29 is 24.2 Å². The van der Waals surface area contributed by atoms with Crippen molar-refractivity contribution in [2.75, 3.05) is 0 Å². The van der Waals surface area contributed by atoms with Gasteiger partial charge in [-0.15, -0.1) is 0 Å². The van der Waals surface area contributed by atoms with Crippen LogP contribution in [0.4, 0.5) is 0 Å². The van der Waals surface area contributed by atoms with E-state index in [1.807, 2.05) is 13.8 Å². The van der Waals surface area contributed by atoms with Gasteiger partial charge in [-0.2, -0.15) is 0 Å². The maximum atomic E-state index is 12.0. The lowest BCUT2D eigenvalue weighted by molar-refractivity contribution is -0.223. The number of carbonyl (C=O) groups is 2. The number of carbonyl (C=O) groups excluding carboxylic acids is 2. The van der Waals surface area contributed by atoms with Gasteiger partial charge in [-0.1, -0.05) is 13.8 Å². The molecule has 0 radical (unpaired) electrons. The Morgan fingerprint density at radius 2 is 2.17 bits per heavy atom. The topological polar surface area (TPSA) is 84.9 Å². The summed E-state index contributed by atoms with van der Waals surface area (Å²) in [5.74, 6) is -2.05. The number of hydrogen-bond acceptors (Lipinski definition) is 5. The number of aliphatic hydroxyl groups is 1. The van der Waals surface area contributed by atoms with E-state index in [1.54, 1.807) is 6.92 Å². The van der Waals surface area contributed by atoms with Gasteiger partial charge in [-0.05, 0) is 12.8 Å². The Morgan fingerprint density at radius 1 is 1.50 bits per heavy atom. The second kappa shape index (κ2) is 3.12. The molecule has 0 aromatic heterocycles. The summed E-state index contributed by atoms with van der Waals surface area (Å²) in [6.45, 7) is 5.62. The SMILES string of the molecule is CC(C)CC12NC(=O)[C@]3(O)C(=O)C[C@](C)(O[C@@H]13)O2. The third kappa shape index (κ3) is 1.23. The molecule has 6 heteroatoms. The highest BCUT2D eigenvalue weighted by Crippen LogP contribution is 2.52. The quantitative estimate of drug-likeness (QED) is 0.661. The van der Waals surface area contributed by atoms with Crippen LogP contribution in [0.25, 0.3) is 0 Å². The van der Waals surface area contributed by atoms with Crippen LogP contribution in [0, 0.1) is 5.92 Å². The number of ketones is 1. The average molecular weight is 255 g/mol. The summed E-state index contributed by atoms with van der Waals surface area (Å²) < 4.78 is 11.5. The number of fused-ring (bicyclic) bond motifs is 1. The number of hydrogen-bond donors (Lipinski definition) is 2. The van der Waals surface area contributed by atoms with E-state index >= 15 is 0 Å². The summed E-state index contributed by atoms with van der Waals surface area (Å²) >= 11 is 0. The zero-order valence-electron chi connectivity index (χ0n) is 10.6. The molecule has 2 N–H and O–H groups in total. The fourth-order valence-electron chi connectivity index (χ4n) is 3.31. The number of rotatable bonds is 2. The number of nitrogens with one attached hydrogen (secondary N) is 1. The van der Waals surface area contributed by atoms with Crippen LogP contribution in [0.1, 0.15) is 33.6 Å². The Balaban J connectivity index is 2.09. The molecular formula is C12H17NO5. The fraction of sp³-hybridized carbons (Fsp3) is 0.833. The van der Waals surface area contributed by atoms with Crippen LogP contribution in [-0.2, 0) is 19.1 Å². The minimum atomic E-state index is -2.09. The summed E-state index contributed by atoms with van der Waals surface area (Å²) in [6, 6.07) is 0. The van der Waals surface area contributed by atoms with Crippen LogP contribution in [0.2, 0.25) is 0 Å². The van der Waals surface area contributed by atoms with Gasteiger partial charge >= 0.3 is 0 Å². The van der Waals surface area contributed by atoms with E-state index in [2.05, 4.69) is 5.32 Å². The molecule has 3 saturated heterocycles. The van der Waals surface area contributed by atoms with Gasteiger partial charge in [0.05, 0.1) is 6.42 Å². The van der Waals surface area contributed by atoms with Crippen molar-refractivity contribution in [3.05, 3.63) is 0 Å². The number of amides is 1. The van der Waals surface area contributed by atoms with Crippen molar-refractivity contribution in [1.29, 1.82) is 0 Å². The van der Waals surface area contributed by atoms with Crippen molar-refractivity contribution in [3.8, 4) is 0 Å². The minimum absolute atomic E-state index is 0.104. The average Bonchev–Trinajstić information content (AvgIpc) is 2.54. The third-order valence-corrected chi connectivity index (χ3v) is 3.86. The van der Waals surface area contributed by atoms with E-state index in [1.165, 1.54) is 0 Å². The largest absolute Gasteiger partial charge is 0.371 e. The van der Waals surface area contributed by atoms with Crippen molar-refractivity contribution in [1.82, 2.24) is 5.32 Å². The smallest absolute Gasteiger partial charge is 0.265 e. The highest BCUT2D eigenvalue weighted by atomic mass is 16.8. The van der Waals surface area contributed by atoms with E-state index in [-0.39, 0.29) is 12.3 Å². The first-order valence-corrected chi connectivity index (χ1v) is 6.18. The maximum Gasteiger partial charge on any atom is 0.265 e. The second-order valence-electron chi connectivity index (χ2n) is 6.04. The molecule has 0 aromatic rings. The molecule has 0 aliphatic carbocycles. The normalized spacial score (nSPS) is 49.9. The Bertz CT molecular complexity index is 450. The molecule has 0 spiro atoms. The highest BCUT2D eigenvalue weighted by molar-refractivity contribution is 6.13. The van der Waals surface area contributed by atoms with Gasteiger partial charge < -0.3 is 19.9 Å². The number of ether oxygens (including phenoxy) is 2. The van der Waals surface area contributed by atoms with Gasteiger partial charge in [0, 0.05) is 6.42 Å². The van der Waals surface area contributed by atoms with E-state index < -0.39 is 34.9 Å². The van der Waals surface area contributed by atoms with Crippen LogP contribution in [-0.4, -0.2) is 40.0 Å². The predicted octanol–water partition coefficient (Wildman–Crippen LogP) is -0.306. The van der Waals surface area contributed by atoms with E-state index in [4.69, 9.17) is 9.47 Å². The molecule has 1 amide bonds. The zero-order chi connectivity index (χ0) is 13.3. The Hall–Kier alpha value is -0.980. The first kappa shape index (κ1) is 12.1. The fourth-order valence-corrected chi connectivity index (χ4v) is 3.31. The molecule has 1 unspecified atom stereocenters. The molecule has 3 aliphatic heterocycles. The summed E-state index contributed by atoms with van der Waals surface area (Å²) in [4.78, 5) is 23.9. The first-order chi connectivity index (χ1) is 8.22. The van der Waals surface area contributed by atoms with Crippen LogP contribution < -0.4 is 5.32 Å². The van der Waals surface area contributed by atoms with E-state index in [9.17, 15) is 14.7 Å².